The Morgan fingerprint density at radius 3 is 2.07 bits per heavy atom. The summed E-state index contributed by atoms with van der Waals surface area (Å²) in [5, 5.41) is 2.83. The molecule has 1 N–H and O–H groups in total. The van der Waals surface area contributed by atoms with E-state index in [4.69, 9.17) is 4.74 Å². The highest BCUT2D eigenvalue weighted by atomic mass is 16.5. The van der Waals surface area contributed by atoms with Crippen LogP contribution < -0.4 is 10.1 Å². The Morgan fingerprint density at radius 1 is 0.821 bits per heavy atom. The third-order valence-electron chi connectivity index (χ3n) is 4.80. The van der Waals surface area contributed by atoms with Crippen molar-refractivity contribution in [2.45, 2.75) is 6.54 Å². The number of hydrogen-bond donors (Lipinski definition) is 1. The number of methoxy groups -OCH3 is 1. The van der Waals surface area contributed by atoms with E-state index in [0.717, 1.165) is 11.3 Å². The van der Waals surface area contributed by atoms with Gasteiger partial charge in [-0.2, -0.15) is 0 Å². The molecule has 0 atom stereocenters. The molecule has 0 bridgehead atoms. The van der Waals surface area contributed by atoms with Gasteiger partial charge in [-0.1, -0.05) is 36.4 Å². The molecule has 0 aromatic heterocycles. The fourth-order valence-corrected chi connectivity index (χ4v) is 3.27. The molecule has 3 aromatic rings. The highest BCUT2D eigenvalue weighted by molar-refractivity contribution is 6.28. The predicted molar refractivity (Wildman–Crippen MR) is 104 cm³/mol. The molecular weight excluding hydrogens is 354 g/mol. The number of nitrogens with one attached hydrogen (secondary N) is 1. The molecule has 0 spiro atoms. The lowest BCUT2D eigenvalue weighted by atomic mass is 9.83. The average molecular weight is 371 g/mol. The molecule has 1 aliphatic carbocycles. The molecule has 0 saturated carbocycles. The molecular formula is C23H17NO4. The first-order valence-corrected chi connectivity index (χ1v) is 8.82. The van der Waals surface area contributed by atoms with Crippen molar-refractivity contribution in [3.8, 4) is 5.75 Å². The summed E-state index contributed by atoms with van der Waals surface area (Å²) in [6, 6.07) is 18.7. The van der Waals surface area contributed by atoms with Gasteiger partial charge in [-0.25, -0.2) is 0 Å². The minimum Gasteiger partial charge on any atom is -0.497 e. The molecule has 0 saturated heterocycles. The first-order chi connectivity index (χ1) is 13.6. The predicted octanol–water partition coefficient (Wildman–Crippen LogP) is 3.40. The van der Waals surface area contributed by atoms with Crippen molar-refractivity contribution >= 4 is 17.5 Å². The number of ketones is 2. The topological polar surface area (TPSA) is 72.5 Å². The van der Waals surface area contributed by atoms with Gasteiger partial charge in [0.05, 0.1) is 7.11 Å². The van der Waals surface area contributed by atoms with Crippen LogP contribution in [-0.2, 0) is 6.54 Å². The van der Waals surface area contributed by atoms with Crippen LogP contribution in [0.3, 0.4) is 0 Å². The molecule has 0 fully saturated rings. The zero-order chi connectivity index (χ0) is 19.7. The second-order valence-electron chi connectivity index (χ2n) is 6.49. The van der Waals surface area contributed by atoms with Gasteiger partial charge in [-0.15, -0.1) is 0 Å². The molecule has 3 aromatic carbocycles. The summed E-state index contributed by atoms with van der Waals surface area (Å²) in [5.74, 6) is -0.00338. The minimum atomic E-state index is -0.308. The van der Waals surface area contributed by atoms with Gasteiger partial charge in [0.25, 0.3) is 5.91 Å². The molecule has 5 nitrogen and oxygen atoms in total. The maximum absolute atomic E-state index is 12.8. The summed E-state index contributed by atoms with van der Waals surface area (Å²) in [5.41, 5.74) is 2.63. The fourth-order valence-electron chi connectivity index (χ4n) is 3.27. The van der Waals surface area contributed by atoms with Gasteiger partial charge in [-0.3, -0.25) is 14.4 Å². The Balaban J connectivity index is 1.55. The molecule has 0 aliphatic heterocycles. The van der Waals surface area contributed by atoms with Crippen molar-refractivity contribution in [1.29, 1.82) is 0 Å². The van der Waals surface area contributed by atoms with Crippen molar-refractivity contribution in [2.24, 2.45) is 0 Å². The largest absolute Gasteiger partial charge is 0.497 e. The Labute approximate surface area is 162 Å². The van der Waals surface area contributed by atoms with E-state index in [1.807, 2.05) is 24.3 Å². The van der Waals surface area contributed by atoms with Gasteiger partial charge in [0, 0.05) is 34.4 Å². The van der Waals surface area contributed by atoms with Crippen LogP contribution in [0.4, 0.5) is 0 Å². The number of ether oxygens (including phenoxy) is 1. The maximum atomic E-state index is 12.8. The number of rotatable bonds is 4. The average Bonchev–Trinajstić information content (AvgIpc) is 2.75. The van der Waals surface area contributed by atoms with Crippen LogP contribution in [0.5, 0.6) is 5.75 Å². The van der Waals surface area contributed by atoms with Gasteiger partial charge in [0.1, 0.15) is 5.75 Å². The van der Waals surface area contributed by atoms with Gasteiger partial charge in [0.2, 0.25) is 0 Å². The van der Waals surface area contributed by atoms with Gasteiger partial charge in [-0.05, 0) is 35.9 Å². The number of fused-ring (bicyclic) bond motifs is 2. The SMILES string of the molecule is COc1ccc(CNC(=O)c2ccc3c(c2)C(=O)c2ccccc2C3=O)cc1. The van der Waals surface area contributed by atoms with E-state index in [-0.39, 0.29) is 23.0 Å². The first-order valence-electron chi connectivity index (χ1n) is 8.82. The van der Waals surface area contributed by atoms with Crippen LogP contribution >= 0.6 is 0 Å². The number of amides is 1. The Morgan fingerprint density at radius 2 is 1.43 bits per heavy atom. The van der Waals surface area contributed by atoms with E-state index in [2.05, 4.69) is 5.32 Å². The monoisotopic (exact) mass is 371 g/mol. The van der Waals surface area contributed by atoms with E-state index < -0.39 is 0 Å². The zero-order valence-electron chi connectivity index (χ0n) is 15.2. The minimum absolute atomic E-state index is 0.199. The van der Waals surface area contributed by atoms with E-state index >= 15 is 0 Å². The van der Waals surface area contributed by atoms with E-state index in [1.165, 1.54) is 6.07 Å². The van der Waals surface area contributed by atoms with Crippen LogP contribution in [0, 0.1) is 0 Å². The normalized spacial score (nSPS) is 12.2. The summed E-state index contributed by atoms with van der Waals surface area (Å²) in [6.45, 7) is 0.343. The van der Waals surface area contributed by atoms with Crippen LogP contribution in [0.1, 0.15) is 47.8 Å². The van der Waals surface area contributed by atoms with Crippen LogP contribution in [0.25, 0.3) is 0 Å². The quantitative estimate of drug-likeness (QED) is 0.597. The molecule has 0 heterocycles. The highest BCUT2D eigenvalue weighted by Gasteiger charge is 2.29. The molecule has 28 heavy (non-hydrogen) atoms. The molecule has 4 rings (SSSR count). The third kappa shape index (κ3) is 3.07. The van der Waals surface area contributed by atoms with Crippen molar-refractivity contribution in [3.63, 3.8) is 0 Å². The van der Waals surface area contributed by atoms with Crippen LogP contribution in [-0.4, -0.2) is 24.6 Å². The molecule has 0 radical (unpaired) electrons. The lowest BCUT2D eigenvalue weighted by Gasteiger charge is -2.18. The second kappa shape index (κ2) is 7.12. The lowest BCUT2D eigenvalue weighted by Crippen LogP contribution is -2.25. The Hall–Kier alpha value is -3.73. The summed E-state index contributed by atoms with van der Waals surface area (Å²) >= 11 is 0. The van der Waals surface area contributed by atoms with E-state index in [0.29, 0.717) is 28.8 Å². The van der Waals surface area contributed by atoms with Crippen LogP contribution in [0.2, 0.25) is 0 Å². The smallest absolute Gasteiger partial charge is 0.251 e. The van der Waals surface area contributed by atoms with Crippen molar-refractivity contribution in [1.82, 2.24) is 5.32 Å². The van der Waals surface area contributed by atoms with Crippen molar-refractivity contribution < 1.29 is 19.1 Å². The number of benzene rings is 3. The summed E-state index contributed by atoms with van der Waals surface area (Å²) in [7, 11) is 1.59. The zero-order valence-corrected chi connectivity index (χ0v) is 15.2. The first kappa shape index (κ1) is 17.7. The standard InChI is InChI=1S/C23H17NO4/c1-28-16-9-6-14(7-10-16)13-24-23(27)15-8-11-19-20(12-15)22(26)18-5-3-2-4-17(18)21(19)25/h2-12H,13H2,1H3,(H,24,27). The van der Waals surface area contributed by atoms with Gasteiger partial charge in [0.15, 0.2) is 11.6 Å². The third-order valence-corrected chi connectivity index (χ3v) is 4.80. The van der Waals surface area contributed by atoms with Gasteiger partial charge < -0.3 is 10.1 Å². The summed E-state index contributed by atoms with van der Waals surface area (Å²) < 4.78 is 5.11. The number of hydrogen-bond acceptors (Lipinski definition) is 4. The summed E-state index contributed by atoms with van der Waals surface area (Å²) in [6.07, 6.45) is 0. The van der Waals surface area contributed by atoms with E-state index in [9.17, 15) is 14.4 Å². The van der Waals surface area contributed by atoms with Crippen molar-refractivity contribution in [2.75, 3.05) is 7.11 Å². The Kier molecular flexibility index (Phi) is 4.49. The molecule has 5 heteroatoms. The summed E-state index contributed by atoms with van der Waals surface area (Å²) in [4.78, 5) is 37.9. The number of carbonyl (C=O) groups excluding carboxylic acids is 3. The number of carbonyl (C=O) groups is 3. The molecule has 1 aliphatic rings. The Bertz CT molecular complexity index is 1100. The van der Waals surface area contributed by atoms with Crippen molar-refractivity contribution in [3.05, 3.63) is 100 Å². The second-order valence-corrected chi connectivity index (χ2v) is 6.49. The van der Waals surface area contributed by atoms with Gasteiger partial charge >= 0.3 is 0 Å². The van der Waals surface area contributed by atoms with E-state index in [1.54, 1.807) is 43.5 Å². The maximum Gasteiger partial charge on any atom is 0.251 e. The molecule has 0 unspecified atom stereocenters. The fraction of sp³-hybridized carbons (Fsp3) is 0.0870. The molecule has 1 amide bonds. The highest BCUT2D eigenvalue weighted by Crippen LogP contribution is 2.27. The van der Waals surface area contributed by atoms with Crippen LogP contribution in [0.15, 0.2) is 66.7 Å². The lowest BCUT2D eigenvalue weighted by molar-refractivity contribution is 0.0948. The molecule has 138 valence electrons.